The van der Waals surface area contributed by atoms with Gasteiger partial charge in [-0.3, -0.25) is 4.79 Å². The van der Waals surface area contributed by atoms with Crippen molar-refractivity contribution in [3.05, 3.63) is 52.4 Å². The van der Waals surface area contributed by atoms with E-state index in [0.29, 0.717) is 12.4 Å². The van der Waals surface area contributed by atoms with Gasteiger partial charge in [-0.15, -0.1) is 0 Å². The highest BCUT2D eigenvalue weighted by Gasteiger charge is 2.21. The first-order valence-corrected chi connectivity index (χ1v) is 5.84. The highest BCUT2D eigenvalue weighted by Crippen LogP contribution is 2.27. The van der Waals surface area contributed by atoms with Crippen molar-refractivity contribution in [2.45, 2.75) is 6.54 Å². The van der Waals surface area contributed by atoms with Gasteiger partial charge >= 0.3 is 5.56 Å². The van der Waals surface area contributed by atoms with E-state index in [4.69, 9.17) is 4.74 Å². The second-order valence-electron chi connectivity index (χ2n) is 4.17. The quantitative estimate of drug-likeness (QED) is 0.860. The summed E-state index contributed by atoms with van der Waals surface area (Å²) in [7, 11) is 0. The Bertz CT molecular complexity index is 595. The van der Waals surface area contributed by atoms with Gasteiger partial charge in [0.05, 0.1) is 12.7 Å². The van der Waals surface area contributed by atoms with E-state index in [0.717, 1.165) is 18.8 Å². The average Bonchev–Trinajstić information content (AvgIpc) is 2.41. The number of ether oxygens (including phenoxy) is 1. The van der Waals surface area contributed by atoms with Crippen LogP contribution >= 0.6 is 0 Å². The third-order valence-electron chi connectivity index (χ3n) is 2.96. The van der Waals surface area contributed by atoms with E-state index in [-0.39, 0.29) is 5.56 Å². The van der Waals surface area contributed by atoms with E-state index in [1.165, 1.54) is 5.56 Å². The zero-order chi connectivity index (χ0) is 12.4. The molecule has 1 aromatic carbocycles. The standard InChI is InChI=1S/C13H13N3O2/c17-13-12-11(8-14-15-13)16(6-7-18-12)9-10-4-2-1-3-5-10/h1-5,8H,6-7,9H2,(H,15,17). The van der Waals surface area contributed by atoms with Crippen LogP contribution in [0.25, 0.3) is 0 Å². The van der Waals surface area contributed by atoms with Gasteiger partial charge < -0.3 is 9.64 Å². The molecule has 0 spiro atoms. The first-order chi connectivity index (χ1) is 8.84. The summed E-state index contributed by atoms with van der Waals surface area (Å²) < 4.78 is 5.40. The molecule has 3 rings (SSSR count). The number of H-pyrrole nitrogens is 1. The first-order valence-electron chi connectivity index (χ1n) is 5.84. The largest absolute Gasteiger partial charge is 0.484 e. The first kappa shape index (κ1) is 10.8. The summed E-state index contributed by atoms with van der Waals surface area (Å²) in [6, 6.07) is 10.1. The number of aromatic nitrogens is 2. The Morgan fingerprint density at radius 1 is 1.33 bits per heavy atom. The summed E-state index contributed by atoms with van der Waals surface area (Å²) in [6.07, 6.45) is 1.64. The van der Waals surface area contributed by atoms with Gasteiger partial charge in [0.2, 0.25) is 5.75 Å². The summed E-state index contributed by atoms with van der Waals surface area (Å²) in [6.45, 7) is 2.03. The van der Waals surface area contributed by atoms with Crippen molar-refractivity contribution in [3.63, 3.8) is 0 Å². The molecule has 1 aliphatic rings. The van der Waals surface area contributed by atoms with E-state index >= 15 is 0 Å². The van der Waals surface area contributed by atoms with Gasteiger partial charge in [0.25, 0.3) is 0 Å². The van der Waals surface area contributed by atoms with Crippen LogP contribution in [0, 0.1) is 0 Å². The molecule has 0 atom stereocenters. The molecule has 18 heavy (non-hydrogen) atoms. The molecule has 2 heterocycles. The van der Waals surface area contributed by atoms with E-state index in [9.17, 15) is 4.79 Å². The Morgan fingerprint density at radius 3 is 3.00 bits per heavy atom. The minimum atomic E-state index is -0.273. The maximum atomic E-state index is 11.6. The molecule has 1 aliphatic heterocycles. The van der Waals surface area contributed by atoms with Gasteiger partial charge in [-0.25, -0.2) is 5.10 Å². The van der Waals surface area contributed by atoms with Crippen molar-refractivity contribution in [1.82, 2.24) is 10.2 Å². The Morgan fingerprint density at radius 2 is 2.17 bits per heavy atom. The molecule has 1 N–H and O–H groups in total. The molecule has 92 valence electrons. The third-order valence-corrected chi connectivity index (χ3v) is 2.96. The molecule has 0 bridgehead atoms. The van der Waals surface area contributed by atoms with Crippen LogP contribution in [0.2, 0.25) is 0 Å². The number of hydrogen-bond acceptors (Lipinski definition) is 4. The molecule has 0 radical (unpaired) electrons. The normalized spacial score (nSPS) is 13.9. The molecule has 0 saturated heterocycles. The summed E-state index contributed by atoms with van der Waals surface area (Å²) in [5, 5.41) is 6.22. The van der Waals surface area contributed by atoms with E-state index < -0.39 is 0 Å². The zero-order valence-corrected chi connectivity index (χ0v) is 9.80. The summed E-state index contributed by atoms with van der Waals surface area (Å²) in [5.74, 6) is 0.368. The monoisotopic (exact) mass is 243 g/mol. The highest BCUT2D eigenvalue weighted by molar-refractivity contribution is 5.57. The molecule has 0 amide bonds. The molecule has 5 nitrogen and oxygen atoms in total. The molecule has 0 saturated carbocycles. The van der Waals surface area contributed by atoms with Crippen LogP contribution < -0.4 is 15.2 Å². The molecule has 0 unspecified atom stereocenters. The molecule has 0 aliphatic carbocycles. The average molecular weight is 243 g/mol. The van der Waals surface area contributed by atoms with Gasteiger partial charge in [-0.2, -0.15) is 5.10 Å². The lowest BCUT2D eigenvalue weighted by atomic mass is 10.2. The fourth-order valence-corrected chi connectivity index (χ4v) is 2.09. The fraction of sp³-hybridized carbons (Fsp3) is 0.231. The minimum Gasteiger partial charge on any atom is -0.484 e. The van der Waals surface area contributed by atoms with Crippen molar-refractivity contribution in [2.75, 3.05) is 18.1 Å². The molecule has 5 heteroatoms. The van der Waals surface area contributed by atoms with Crippen LogP contribution in [0.3, 0.4) is 0 Å². The number of rotatable bonds is 2. The number of anilines is 1. The summed E-state index contributed by atoms with van der Waals surface area (Å²) in [4.78, 5) is 13.7. The zero-order valence-electron chi connectivity index (χ0n) is 9.80. The Hall–Kier alpha value is -2.30. The van der Waals surface area contributed by atoms with Gasteiger partial charge in [0, 0.05) is 6.54 Å². The number of aromatic amines is 1. The number of benzene rings is 1. The number of fused-ring (bicyclic) bond motifs is 1. The molecule has 2 aromatic rings. The van der Waals surface area contributed by atoms with E-state index in [1.807, 2.05) is 18.2 Å². The Labute approximate surface area is 104 Å². The lowest BCUT2D eigenvalue weighted by molar-refractivity contribution is 0.301. The smallest absolute Gasteiger partial charge is 0.308 e. The molecular weight excluding hydrogens is 230 g/mol. The van der Waals surface area contributed by atoms with Crippen LogP contribution in [0.15, 0.2) is 41.3 Å². The van der Waals surface area contributed by atoms with Crippen LogP contribution in [-0.4, -0.2) is 23.3 Å². The van der Waals surface area contributed by atoms with Crippen molar-refractivity contribution in [3.8, 4) is 5.75 Å². The Kier molecular flexibility index (Phi) is 2.72. The van der Waals surface area contributed by atoms with Gasteiger partial charge in [-0.1, -0.05) is 30.3 Å². The SMILES string of the molecule is O=c1[nH]ncc2c1OCCN2Cc1ccccc1. The minimum absolute atomic E-state index is 0.273. The lowest BCUT2D eigenvalue weighted by Gasteiger charge is -2.30. The van der Waals surface area contributed by atoms with E-state index in [2.05, 4.69) is 27.2 Å². The van der Waals surface area contributed by atoms with Crippen LogP contribution in [0.5, 0.6) is 5.75 Å². The van der Waals surface area contributed by atoms with Gasteiger partial charge in [0.15, 0.2) is 0 Å². The second-order valence-corrected chi connectivity index (χ2v) is 4.17. The highest BCUT2D eigenvalue weighted by atomic mass is 16.5. The van der Waals surface area contributed by atoms with Crippen LogP contribution in [0.4, 0.5) is 5.69 Å². The van der Waals surface area contributed by atoms with Crippen molar-refractivity contribution >= 4 is 5.69 Å². The maximum Gasteiger partial charge on any atom is 0.308 e. The maximum absolute atomic E-state index is 11.6. The van der Waals surface area contributed by atoms with Gasteiger partial charge in [0.1, 0.15) is 12.3 Å². The van der Waals surface area contributed by atoms with Crippen LogP contribution in [0.1, 0.15) is 5.56 Å². The molecular formula is C13H13N3O2. The fourth-order valence-electron chi connectivity index (χ4n) is 2.09. The third kappa shape index (κ3) is 1.95. The van der Waals surface area contributed by atoms with Crippen LogP contribution in [-0.2, 0) is 6.54 Å². The number of nitrogens with one attached hydrogen (secondary N) is 1. The Balaban J connectivity index is 1.92. The number of hydrogen-bond donors (Lipinski definition) is 1. The van der Waals surface area contributed by atoms with Gasteiger partial charge in [-0.05, 0) is 5.56 Å². The number of nitrogens with zero attached hydrogens (tertiary/aromatic N) is 2. The molecule has 0 fully saturated rings. The van der Waals surface area contributed by atoms with Crippen molar-refractivity contribution in [1.29, 1.82) is 0 Å². The summed E-state index contributed by atoms with van der Waals surface area (Å²) >= 11 is 0. The van der Waals surface area contributed by atoms with Crippen molar-refractivity contribution in [2.24, 2.45) is 0 Å². The van der Waals surface area contributed by atoms with E-state index in [1.54, 1.807) is 6.20 Å². The molecule has 1 aromatic heterocycles. The topological polar surface area (TPSA) is 58.2 Å². The predicted molar refractivity (Wildman–Crippen MR) is 67.8 cm³/mol. The van der Waals surface area contributed by atoms with Crippen molar-refractivity contribution < 1.29 is 4.74 Å². The lowest BCUT2D eigenvalue weighted by Crippen LogP contribution is -2.35. The predicted octanol–water partition coefficient (Wildman–Crippen LogP) is 1.17. The summed E-state index contributed by atoms with van der Waals surface area (Å²) in [5.41, 5.74) is 1.68. The second kappa shape index (κ2) is 4.52.